The van der Waals surface area contributed by atoms with E-state index in [2.05, 4.69) is 0 Å². The number of para-hydroxylation sites is 1. The highest BCUT2D eigenvalue weighted by atomic mass is 16.5. The minimum atomic E-state index is -0.136. The highest BCUT2D eigenvalue weighted by molar-refractivity contribution is 5.96. The van der Waals surface area contributed by atoms with E-state index in [1.165, 1.54) is 7.11 Å². The van der Waals surface area contributed by atoms with E-state index in [9.17, 15) is 4.79 Å². The van der Waals surface area contributed by atoms with Gasteiger partial charge in [-0.25, -0.2) is 0 Å². The topological polar surface area (TPSA) is 59.0 Å². The molecule has 19 heavy (non-hydrogen) atoms. The summed E-state index contributed by atoms with van der Waals surface area (Å²) in [4.78, 5) is 14.0. The Morgan fingerprint density at radius 1 is 1.26 bits per heavy atom. The molecular weight excluding hydrogens is 246 g/mol. The van der Waals surface area contributed by atoms with Crippen LogP contribution < -0.4 is 4.74 Å². The van der Waals surface area contributed by atoms with Crippen LogP contribution in [0.2, 0.25) is 0 Å². The number of aliphatic hydroxyl groups is 1. The molecule has 0 aliphatic carbocycles. The molecule has 1 aromatic rings. The molecule has 1 rings (SSSR count). The first-order valence-electron chi connectivity index (χ1n) is 6.26. The fourth-order valence-corrected chi connectivity index (χ4v) is 1.83. The third-order valence-electron chi connectivity index (χ3n) is 2.77. The number of nitrogens with zero attached hydrogens (tertiary/aromatic N) is 1. The number of aliphatic hydroxyl groups excluding tert-OH is 1. The van der Waals surface area contributed by atoms with E-state index in [0.29, 0.717) is 31.0 Å². The van der Waals surface area contributed by atoms with E-state index in [-0.39, 0.29) is 12.5 Å². The molecule has 0 bridgehead atoms. The van der Waals surface area contributed by atoms with Crippen LogP contribution in [0.1, 0.15) is 16.8 Å². The van der Waals surface area contributed by atoms with Gasteiger partial charge in [0.15, 0.2) is 0 Å². The van der Waals surface area contributed by atoms with Gasteiger partial charge in [-0.1, -0.05) is 12.1 Å². The van der Waals surface area contributed by atoms with Crippen molar-refractivity contribution in [1.82, 2.24) is 4.90 Å². The van der Waals surface area contributed by atoms with Gasteiger partial charge in [-0.2, -0.15) is 0 Å². The van der Waals surface area contributed by atoms with Crippen molar-refractivity contribution in [1.29, 1.82) is 0 Å². The number of hydrogen-bond donors (Lipinski definition) is 1. The van der Waals surface area contributed by atoms with E-state index in [1.807, 2.05) is 6.07 Å². The molecular formula is C14H21NO4. The predicted octanol–water partition coefficient (Wildman–Crippen LogP) is 1.17. The van der Waals surface area contributed by atoms with Crippen molar-refractivity contribution >= 4 is 5.91 Å². The van der Waals surface area contributed by atoms with Crippen molar-refractivity contribution in [3.8, 4) is 5.75 Å². The number of benzene rings is 1. The molecule has 0 atom stereocenters. The average molecular weight is 267 g/mol. The van der Waals surface area contributed by atoms with Crippen molar-refractivity contribution in [2.45, 2.75) is 6.42 Å². The number of carbonyl (C=O) groups excluding carboxylic acids is 1. The molecule has 0 spiro atoms. The van der Waals surface area contributed by atoms with Gasteiger partial charge in [-0.15, -0.1) is 0 Å². The van der Waals surface area contributed by atoms with Gasteiger partial charge in [-0.3, -0.25) is 4.79 Å². The highest BCUT2D eigenvalue weighted by Crippen LogP contribution is 2.19. The number of hydrogen-bond acceptors (Lipinski definition) is 4. The van der Waals surface area contributed by atoms with Crippen LogP contribution in [0.25, 0.3) is 0 Å². The summed E-state index contributed by atoms with van der Waals surface area (Å²) < 4.78 is 10.2. The molecule has 0 aliphatic heterocycles. The minimum Gasteiger partial charge on any atom is -0.496 e. The standard InChI is InChI=1S/C14H21NO4/c1-18-11-5-8-15(9-10-16)14(17)12-6-3-4-7-13(12)19-2/h3-4,6-7,16H,5,8-11H2,1-2H3. The van der Waals surface area contributed by atoms with Gasteiger partial charge in [-0.05, 0) is 18.6 Å². The van der Waals surface area contributed by atoms with Crippen LogP contribution in [-0.2, 0) is 4.74 Å². The predicted molar refractivity (Wildman–Crippen MR) is 72.5 cm³/mol. The quantitative estimate of drug-likeness (QED) is 0.718. The first kappa shape index (κ1) is 15.5. The monoisotopic (exact) mass is 267 g/mol. The Morgan fingerprint density at radius 2 is 2.00 bits per heavy atom. The summed E-state index contributed by atoms with van der Waals surface area (Å²) >= 11 is 0. The van der Waals surface area contributed by atoms with E-state index in [0.717, 1.165) is 6.42 Å². The fraction of sp³-hybridized carbons (Fsp3) is 0.500. The Balaban J connectivity index is 2.79. The summed E-state index contributed by atoms with van der Waals surface area (Å²) in [7, 11) is 3.16. The summed E-state index contributed by atoms with van der Waals surface area (Å²) in [6.07, 6.45) is 0.734. The lowest BCUT2D eigenvalue weighted by atomic mass is 10.1. The third-order valence-corrected chi connectivity index (χ3v) is 2.77. The van der Waals surface area contributed by atoms with E-state index in [1.54, 1.807) is 30.2 Å². The lowest BCUT2D eigenvalue weighted by Gasteiger charge is -2.22. The maximum absolute atomic E-state index is 12.4. The van der Waals surface area contributed by atoms with Crippen molar-refractivity contribution in [3.63, 3.8) is 0 Å². The summed E-state index contributed by atoms with van der Waals surface area (Å²) in [6.45, 7) is 1.38. The number of ether oxygens (including phenoxy) is 2. The molecule has 1 N–H and O–H groups in total. The fourth-order valence-electron chi connectivity index (χ4n) is 1.83. The van der Waals surface area contributed by atoms with Crippen LogP contribution in [0.4, 0.5) is 0 Å². The van der Waals surface area contributed by atoms with Gasteiger partial charge in [0, 0.05) is 26.8 Å². The van der Waals surface area contributed by atoms with Crippen LogP contribution in [0.5, 0.6) is 5.75 Å². The molecule has 0 saturated carbocycles. The first-order valence-corrected chi connectivity index (χ1v) is 6.26. The molecule has 5 nitrogen and oxygen atoms in total. The van der Waals surface area contributed by atoms with E-state index < -0.39 is 0 Å². The number of amides is 1. The van der Waals surface area contributed by atoms with Crippen molar-refractivity contribution < 1.29 is 19.4 Å². The van der Waals surface area contributed by atoms with Crippen LogP contribution in [-0.4, -0.2) is 56.4 Å². The van der Waals surface area contributed by atoms with Gasteiger partial charge < -0.3 is 19.5 Å². The number of rotatable bonds is 8. The Morgan fingerprint density at radius 3 is 2.63 bits per heavy atom. The average Bonchev–Trinajstić information content (AvgIpc) is 2.45. The van der Waals surface area contributed by atoms with Gasteiger partial charge in [0.2, 0.25) is 0 Å². The normalized spacial score (nSPS) is 10.3. The number of carbonyl (C=O) groups is 1. The maximum Gasteiger partial charge on any atom is 0.257 e. The Labute approximate surface area is 113 Å². The van der Waals surface area contributed by atoms with Crippen LogP contribution in [0.3, 0.4) is 0 Å². The van der Waals surface area contributed by atoms with Crippen molar-refractivity contribution in [2.75, 3.05) is 40.5 Å². The molecule has 0 fully saturated rings. The van der Waals surface area contributed by atoms with Crippen molar-refractivity contribution in [3.05, 3.63) is 29.8 Å². The van der Waals surface area contributed by atoms with Gasteiger partial charge in [0.25, 0.3) is 5.91 Å². The zero-order valence-electron chi connectivity index (χ0n) is 11.5. The first-order chi connectivity index (χ1) is 9.24. The van der Waals surface area contributed by atoms with Crippen LogP contribution >= 0.6 is 0 Å². The molecule has 0 unspecified atom stereocenters. The molecule has 1 aromatic carbocycles. The summed E-state index contributed by atoms with van der Waals surface area (Å²) in [5.74, 6) is 0.407. The summed E-state index contributed by atoms with van der Waals surface area (Å²) in [5, 5.41) is 9.06. The molecule has 1 amide bonds. The second kappa shape index (κ2) is 8.50. The summed E-state index contributed by atoms with van der Waals surface area (Å²) in [5.41, 5.74) is 0.510. The molecule has 5 heteroatoms. The molecule has 106 valence electrons. The van der Waals surface area contributed by atoms with Crippen LogP contribution in [0, 0.1) is 0 Å². The maximum atomic E-state index is 12.4. The summed E-state index contributed by atoms with van der Waals surface area (Å²) in [6, 6.07) is 7.08. The van der Waals surface area contributed by atoms with Crippen molar-refractivity contribution in [2.24, 2.45) is 0 Å². The third kappa shape index (κ3) is 4.54. The molecule has 0 radical (unpaired) electrons. The number of methoxy groups -OCH3 is 2. The molecule has 0 aromatic heterocycles. The largest absolute Gasteiger partial charge is 0.496 e. The lowest BCUT2D eigenvalue weighted by Crippen LogP contribution is -2.35. The second-order valence-electron chi connectivity index (χ2n) is 4.06. The SMILES string of the molecule is COCCCN(CCO)C(=O)c1ccccc1OC. The zero-order chi connectivity index (χ0) is 14.1. The molecule has 0 aliphatic rings. The van der Waals surface area contributed by atoms with E-state index in [4.69, 9.17) is 14.6 Å². The highest BCUT2D eigenvalue weighted by Gasteiger charge is 2.18. The Hall–Kier alpha value is -1.59. The van der Waals surface area contributed by atoms with Gasteiger partial charge >= 0.3 is 0 Å². The smallest absolute Gasteiger partial charge is 0.257 e. The van der Waals surface area contributed by atoms with Gasteiger partial charge in [0.1, 0.15) is 5.75 Å². The Kier molecular flexibility index (Phi) is 6.92. The second-order valence-corrected chi connectivity index (χ2v) is 4.06. The Bertz CT molecular complexity index is 395. The molecule has 0 heterocycles. The van der Waals surface area contributed by atoms with E-state index >= 15 is 0 Å². The minimum absolute atomic E-state index is 0.0616. The van der Waals surface area contributed by atoms with Crippen LogP contribution in [0.15, 0.2) is 24.3 Å². The zero-order valence-corrected chi connectivity index (χ0v) is 11.5. The molecule has 0 saturated heterocycles. The lowest BCUT2D eigenvalue weighted by molar-refractivity contribution is 0.0698. The van der Waals surface area contributed by atoms with Gasteiger partial charge in [0.05, 0.1) is 19.3 Å².